The molecule has 0 heterocycles. The van der Waals surface area contributed by atoms with Gasteiger partial charge in [0.05, 0.1) is 0 Å². The van der Waals surface area contributed by atoms with Crippen LogP contribution in [0.15, 0.2) is 42.5 Å². The average Bonchev–Trinajstić information content (AvgIpc) is 2.54. The number of hydrogen-bond acceptors (Lipinski definition) is 2. The summed E-state index contributed by atoms with van der Waals surface area (Å²) in [6.07, 6.45) is 1.13. The fourth-order valence-corrected chi connectivity index (χ4v) is 2.45. The van der Waals surface area contributed by atoms with Crippen molar-refractivity contribution in [3.8, 4) is 5.75 Å². The normalized spacial score (nSPS) is 12.0. The van der Waals surface area contributed by atoms with Crippen LogP contribution in [-0.4, -0.2) is 13.2 Å². The summed E-state index contributed by atoms with van der Waals surface area (Å²) >= 11 is 0. The van der Waals surface area contributed by atoms with Crippen LogP contribution in [0.1, 0.15) is 42.9 Å². The highest BCUT2D eigenvalue weighted by Gasteiger charge is 2.09. The second-order valence-corrected chi connectivity index (χ2v) is 5.92. The van der Waals surface area contributed by atoms with E-state index in [9.17, 15) is 0 Å². The van der Waals surface area contributed by atoms with Gasteiger partial charge in [-0.05, 0) is 61.1 Å². The van der Waals surface area contributed by atoms with Crippen LogP contribution in [0.5, 0.6) is 5.75 Å². The fourth-order valence-electron chi connectivity index (χ4n) is 2.45. The molecule has 0 bridgehead atoms. The predicted molar refractivity (Wildman–Crippen MR) is 95.0 cm³/mol. The largest absolute Gasteiger partial charge is 0.491 e. The number of ether oxygens (including phenoxy) is 1. The highest BCUT2D eigenvalue weighted by atomic mass is 16.5. The van der Waals surface area contributed by atoms with Gasteiger partial charge in [0, 0.05) is 12.2 Å². The summed E-state index contributed by atoms with van der Waals surface area (Å²) in [5, 5.41) is 3.42. The SMILES string of the molecule is CC[C@@H](C)c1ccccc1OCCNc1ccc(C)c(C)c1. The fraction of sp³-hybridized carbons (Fsp3) is 0.400. The Balaban J connectivity index is 1.87. The van der Waals surface area contributed by atoms with Gasteiger partial charge in [-0.1, -0.05) is 38.1 Å². The Hall–Kier alpha value is -1.96. The Morgan fingerprint density at radius 1 is 1.05 bits per heavy atom. The summed E-state index contributed by atoms with van der Waals surface area (Å²) in [6.45, 7) is 10.2. The Morgan fingerprint density at radius 2 is 1.82 bits per heavy atom. The predicted octanol–water partition coefficient (Wildman–Crippen LogP) is 5.31. The molecule has 2 rings (SSSR count). The van der Waals surface area contributed by atoms with Crippen molar-refractivity contribution in [3.63, 3.8) is 0 Å². The molecular formula is C20H27NO. The number of aryl methyl sites for hydroxylation is 2. The summed E-state index contributed by atoms with van der Waals surface area (Å²) in [5.41, 5.74) is 5.09. The minimum Gasteiger partial charge on any atom is -0.491 e. The molecule has 0 fully saturated rings. The molecular weight excluding hydrogens is 270 g/mol. The van der Waals surface area contributed by atoms with Crippen molar-refractivity contribution >= 4 is 5.69 Å². The van der Waals surface area contributed by atoms with E-state index in [1.807, 2.05) is 6.07 Å². The second-order valence-electron chi connectivity index (χ2n) is 5.92. The molecule has 0 saturated carbocycles. The first-order chi connectivity index (χ1) is 10.6. The summed E-state index contributed by atoms with van der Waals surface area (Å²) in [7, 11) is 0. The van der Waals surface area contributed by atoms with Crippen LogP contribution < -0.4 is 10.1 Å². The van der Waals surface area contributed by atoms with Crippen molar-refractivity contribution in [3.05, 3.63) is 59.2 Å². The topological polar surface area (TPSA) is 21.3 Å². The Labute approximate surface area is 134 Å². The smallest absolute Gasteiger partial charge is 0.122 e. The van der Waals surface area contributed by atoms with E-state index in [1.165, 1.54) is 16.7 Å². The van der Waals surface area contributed by atoms with Crippen LogP contribution in [0, 0.1) is 13.8 Å². The molecule has 0 aliphatic carbocycles. The van der Waals surface area contributed by atoms with Crippen molar-refractivity contribution < 1.29 is 4.74 Å². The van der Waals surface area contributed by atoms with Gasteiger partial charge in [-0.3, -0.25) is 0 Å². The van der Waals surface area contributed by atoms with Crippen LogP contribution in [0.25, 0.3) is 0 Å². The number of rotatable bonds is 7. The zero-order valence-electron chi connectivity index (χ0n) is 14.1. The molecule has 22 heavy (non-hydrogen) atoms. The van der Waals surface area contributed by atoms with Crippen molar-refractivity contribution in [1.29, 1.82) is 0 Å². The first-order valence-electron chi connectivity index (χ1n) is 8.14. The molecule has 0 aliphatic rings. The molecule has 2 aromatic carbocycles. The van der Waals surface area contributed by atoms with Crippen molar-refractivity contribution in [1.82, 2.24) is 0 Å². The highest BCUT2D eigenvalue weighted by Crippen LogP contribution is 2.28. The summed E-state index contributed by atoms with van der Waals surface area (Å²) < 4.78 is 5.97. The van der Waals surface area contributed by atoms with Crippen LogP contribution in [0.4, 0.5) is 5.69 Å². The standard InChI is InChI=1S/C20H27NO/c1-5-15(2)19-8-6-7-9-20(19)22-13-12-21-18-11-10-16(3)17(4)14-18/h6-11,14-15,21H,5,12-13H2,1-4H3/t15-/m1/s1. The molecule has 2 nitrogen and oxygen atoms in total. The third-order valence-corrected chi connectivity index (χ3v) is 4.26. The van der Waals surface area contributed by atoms with E-state index in [2.05, 4.69) is 69.4 Å². The van der Waals surface area contributed by atoms with E-state index in [-0.39, 0.29) is 0 Å². The van der Waals surface area contributed by atoms with Gasteiger partial charge >= 0.3 is 0 Å². The lowest BCUT2D eigenvalue weighted by atomic mass is 9.98. The molecule has 0 amide bonds. The minimum absolute atomic E-state index is 0.531. The van der Waals surface area contributed by atoms with Gasteiger partial charge in [-0.15, -0.1) is 0 Å². The maximum absolute atomic E-state index is 5.97. The van der Waals surface area contributed by atoms with Crippen LogP contribution in [-0.2, 0) is 0 Å². The molecule has 2 heteroatoms. The van der Waals surface area contributed by atoms with Gasteiger partial charge < -0.3 is 10.1 Å². The summed E-state index contributed by atoms with van der Waals surface area (Å²) in [4.78, 5) is 0. The lowest BCUT2D eigenvalue weighted by Gasteiger charge is -2.16. The molecule has 118 valence electrons. The maximum Gasteiger partial charge on any atom is 0.122 e. The number of para-hydroxylation sites is 1. The van der Waals surface area contributed by atoms with Crippen LogP contribution in [0.3, 0.4) is 0 Å². The lowest BCUT2D eigenvalue weighted by Crippen LogP contribution is -2.12. The first-order valence-corrected chi connectivity index (χ1v) is 8.14. The molecule has 1 atom stereocenters. The zero-order valence-corrected chi connectivity index (χ0v) is 14.1. The second kappa shape index (κ2) is 7.88. The van der Waals surface area contributed by atoms with Crippen molar-refractivity contribution in [2.75, 3.05) is 18.5 Å². The van der Waals surface area contributed by atoms with Gasteiger partial charge in [0.1, 0.15) is 12.4 Å². The molecule has 0 radical (unpaired) electrons. The van der Waals surface area contributed by atoms with E-state index >= 15 is 0 Å². The Bertz CT molecular complexity index is 606. The maximum atomic E-state index is 5.97. The van der Waals surface area contributed by atoms with E-state index in [1.54, 1.807) is 0 Å². The number of anilines is 1. The molecule has 0 unspecified atom stereocenters. The van der Waals surface area contributed by atoms with Gasteiger partial charge in [0.25, 0.3) is 0 Å². The molecule has 2 aromatic rings. The van der Waals surface area contributed by atoms with Crippen LogP contribution >= 0.6 is 0 Å². The molecule has 1 N–H and O–H groups in total. The number of nitrogens with one attached hydrogen (secondary N) is 1. The summed E-state index contributed by atoms with van der Waals surface area (Å²) in [5.74, 6) is 1.54. The van der Waals surface area contributed by atoms with Crippen molar-refractivity contribution in [2.24, 2.45) is 0 Å². The lowest BCUT2D eigenvalue weighted by molar-refractivity contribution is 0.327. The number of hydrogen-bond donors (Lipinski definition) is 1. The van der Waals surface area contributed by atoms with Gasteiger partial charge in [0.2, 0.25) is 0 Å². The first kappa shape index (κ1) is 16.4. The van der Waals surface area contributed by atoms with Crippen molar-refractivity contribution in [2.45, 2.75) is 40.0 Å². The monoisotopic (exact) mass is 297 g/mol. The Kier molecular flexibility index (Phi) is 5.88. The molecule has 0 aromatic heterocycles. The molecule has 0 spiro atoms. The number of benzene rings is 2. The average molecular weight is 297 g/mol. The minimum atomic E-state index is 0.531. The van der Waals surface area contributed by atoms with E-state index in [0.717, 1.165) is 24.4 Å². The molecule has 0 saturated heterocycles. The Morgan fingerprint density at radius 3 is 2.55 bits per heavy atom. The molecule has 0 aliphatic heterocycles. The third kappa shape index (κ3) is 4.27. The summed E-state index contributed by atoms with van der Waals surface area (Å²) in [6, 6.07) is 14.8. The van der Waals surface area contributed by atoms with Gasteiger partial charge in [-0.25, -0.2) is 0 Å². The van der Waals surface area contributed by atoms with Gasteiger partial charge in [-0.2, -0.15) is 0 Å². The highest BCUT2D eigenvalue weighted by molar-refractivity contribution is 5.48. The third-order valence-electron chi connectivity index (χ3n) is 4.26. The zero-order chi connectivity index (χ0) is 15.9. The van der Waals surface area contributed by atoms with Gasteiger partial charge in [0.15, 0.2) is 0 Å². The van der Waals surface area contributed by atoms with E-state index < -0.39 is 0 Å². The quantitative estimate of drug-likeness (QED) is 0.699. The van der Waals surface area contributed by atoms with E-state index in [4.69, 9.17) is 4.74 Å². The van der Waals surface area contributed by atoms with Crippen LogP contribution in [0.2, 0.25) is 0 Å². The van der Waals surface area contributed by atoms with E-state index in [0.29, 0.717) is 12.5 Å².